The highest BCUT2D eigenvalue weighted by Crippen LogP contribution is 2.39. The van der Waals surface area contributed by atoms with Gasteiger partial charge in [-0.05, 0) is 19.8 Å². The number of anilines is 1. The molecule has 5 heteroatoms. The van der Waals surface area contributed by atoms with Crippen molar-refractivity contribution < 1.29 is 14.1 Å². The van der Waals surface area contributed by atoms with Crippen LogP contribution in [0.3, 0.4) is 0 Å². The quantitative estimate of drug-likeness (QED) is 0.693. The third-order valence-electron chi connectivity index (χ3n) is 3.69. The van der Waals surface area contributed by atoms with Crippen LogP contribution in [0.1, 0.15) is 31.4 Å². The zero-order chi connectivity index (χ0) is 12.0. The molecular formula is C12H14N2O3. The van der Waals surface area contributed by atoms with Crippen molar-refractivity contribution >= 4 is 17.6 Å². The van der Waals surface area contributed by atoms with Gasteiger partial charge < -0.3 is 4.52 Å². The molecule has 90 valence electrons. The molecule has 1 saturated heterocycles. The molecule has 0 bridgehead atoms. The Balaban J connectivity index is 1.95. The second-order valence-corrected chi connectivity index (χ2v) is 4.81. The largest absolute Gasteiger partial charge is 0.360 e. The highest BCUT2D eigenvalue weighted by molar-refractivity contribution is 6.21. The van der Waals surface area contributed by atoms with E-state index in [9.17, 15) is 9.59 Å². The van der Waals surface area contributed by atoms with Crippen molar-refractivity contribution in [1.29, 1.82) is 0 Å². The molecule has 1 saturated carbocycles. The zero-order valence-corrected chi connectivity index (χ0v) is 9.68. The Labute approximate surface area is 98.8 Å². The van der Waals surface area contributed by atoms with Gasteiger partial charge in [0.2, 0.25) is 11.8 Å². The Morgan fingerprint density at radius 1 is 1.24 bits per heavy atom. The van der Waals surface area contributed by atoms with Crippen LogP contribution in [-0.2, 0) is 9.59 Å². The lowest BCUT2D eigenvalue weighted by Gasteiger charge is -2.19. The summed E-state index contributed by atoms with van der Waals surface area (Å²) in [5.41, 5.74) is 0. The molecule has 1 aliphatic carbocycles. The molecule has 2 aliphatic rings. The predicted octanol–water partition coefficient (Wildman–Crippen LogP) is 1.66. The van der Waals surface area contributed by atoms with E-state index >= 15 is 0 Å². The molecule has 1 aromatic rings. The van der Waals surface area contributed by atoms with Gasteiger partial charge in [0, 0.05) is 6.07 Å². The molecule has 5 nitrogen and oxygen atoms in total. The summed E-state index contributed by atoms with van der Waals surface area (Å²) < 4.78 is 4.93. The molecular weight excluding hydrogens is 220 g/mol. The Kier molecular flexibility index (Phi) is 2.28. The van der Waals surface area contributed by atoms with E-state index in [1.807, 2.05) is 0 Å². The van der Waals surface area contributed by atoms with Gasteiger partial charge >= 0.3 is 0 Å². The van der Waals surface area contributed by atoms with Crippen LogP contribution in [0.5, 0.6) is 0 Å². The van der Waals surface area contributed by atoms with Crippen molar-refractivity contribution in [3.8, 4) is 0 Å². The Hall–Kier alpha value is -1.65. The predicted molar refractivity (Wildman–Crippen MR) is 59.2 cm³/mol. The minimum Gasteiger partial charge on any atom is -0.360 e. The van der Waals surface area contributed by atoms with Crippen molar-refractivity contribution in [2.75, 3.05) is 4.90 Å². The molecule has 2 heterocycles. The van der Waals surface area contributed by atoms with Gasteiger partial charge in [0.1, 0.15) is 5.76 Å². The molecule has 1 aliphatic heterocycles. The summed E-state index contributed by atoms with van der Waals surface area (Å²) in [6.45, 7) is 1.74. The minimum atomic E-state index is -0.131. The third-order valence-corrected chi connectivity index (χ3v) is 3.69. The maximum atomic E-state index is 12.2. The topological polar surface area (TPSA) is 63.4 Å². The molecule has 0 unspecified atom stereocenters. The first kappa shape index (κ1) is 10.5. The molecule has 3 rings (SSSR count). The van der Waals surface area contributed by atoms with E-state index in [-0.39, 0.29) is 23.7 Å². The van der Waals surface area contributed by atoms with Gasteiger partial charge in [-0.3, -0.25) is 9.59 Å². The lowest BCUT2D eigenvalue weighted by atomic mass is 9.81. The van der Waals surface area contributed by atoms with Gasteiger partial charge in [0.05, 0.1) is 11.8 Å². The average Bonchev–Trinajstić information content (AvgIpc) is 2.84. The first-order chi connectivity index (χ1) is 8.18. The maximum Gasteiger partial charge on any atom is 0.238 e. The van der Waals surface area contributed by atoms with E-state index in [0.717, 1.165) is 25.7 Å². The number of nitrogens with zero attached hydrogens (tertiary/aromatic N) is 2. The summed E-state index contributed by atoms with van der Waals surface area (Å²) in [7, 11) is 0. The summed E-state index contributed by atoms with van der Waals surface area (Å²) in [5.74, 6) is 0.477. The second kappa shape index (κ2) is 3.68. The highest BCUT2D eigenvalue weighted by Gasteiger charge is 2.49. The fraction of sp³-hybridized carbons (Fsp3) is 0.583. The average molecular weight is 234 g/mol. The normalized spacial score (nSPS) is 28.6. The smallest absolute Gasteiger partial charge is 0.238 e. The van der Waals surface area contributed by atoms with Crippen molar-refractivity contribution in [3.63, 3.8) is 0 Å². The van der Waals surface area contributed by atoms with Crippen LogP contribution in [0.4, 0.5) is 5.82 Å². The number of imide groups is 1. The van der Waals surface area contributed by atoms with Gasteiger partial charge in [-0.15, -0.1) is 0 Å². The summed E-state index contributed by atoms with van der Waals surface area (Å²) >= 11 is 0. The van der Waals surface area contributed by atoms with Gasteiger partial charge in [0.15, 0.2) is 5.82 Å². The van der Waals surface area contributed by atoms with Crippen LogP contribution in [0.25, 0.3) is 0 Å². The molecule has 2 atom stereocenters. The molecule has 17 heavy (non-hydrogen) atoms. The van der Waals surface area contributed by atoms with Gasteiger partial charge in [-0.1, -0.05) is 18.0 Å². The Morgan fingerprint density at radius 2 is 1.82 bits per heavy atom. The number of carbonyl (C=O) groups is 2. The number of aromatic nitrogens is 1. The van der Waals surface area contributed by atoms with Crippen LogP contribution >= 0.6 is 0 Å². The Bertz CT molecular complexity index is 456. The van der Waals surface area contributed by atoms with Crippen molar-refractivity contribution in [3.05, 3.63) is 11.8 Å². The number of hydrogen-bond donors (Lipinski definition) is 0. The first-order valence-corrected chi connectivity index (χ1v) is 5.99. The number of fused-ring (bicyclic) bond motifs is 1. The number of rotatable bonds is 1. The molecule has 2 fully saturated rings. The first-order valence-electron chi connectivity index (χ1n) is 5.99. The van der Waals surface area contributed by atoms with Gasteiger partial charge in [0.25, 0.3) is 0 Å². The summed E-state index contributed by atoms with van der Waals surface area (Å²) in [6.07, 6.45) is 3.71. The third kappa shape index (κ3) is 1.49. The number of amides is 2. The standard InChI is InChI=1S/C12H14N2O3/c1-7-6-10(13-17-7)14-11(15)8-4-2-3-5-9(8)12(14)16/h6,8-9H,2-5H2,1H3/t8-,9+. The van der Waals surface area contributed by atoms with E-state index in [1.165, 1.54) is 4.90 Å². The lowest BCUT2D eigenvalue weighted by molar-refractivity contribution is -0.122. The van der Waals surface area contributed by atoms with Crippen molar-refractivity contribution in [1.82, 2.24) is 5.16 Å². The maximum absolute atomic E-state index is 12.2. The van der Waals surface area contributed by atoms with Gasteiger partial charge in [-0.25, -0.2) is 4.90 Å². The van der Waals surface area contributed by atoms with Gasteiger partial charge in [-0.2, -0.15) is 0 Å². The highest BCUT2D eigenvalue weighted by atomic mass is 16.5. The van der Waals surface area contributed by atoms with E-state index in [0.29, 0.717) is 11.6 Å². The van der Waals surface area contributed by atoms with Crippen LogP contribution in [-0.4, -0.2) is 17.0 Å². The van der Waals surface area contributed by atoms with E-state index < -0.39 is 0 Å². The Morgan fingerprint density at radius 3 is 2.29 bits per heavy atom. The van der Waals surface area contributed by atoms with E-state index in [1.54, 1.807) is 13.0 Å². The lowest BCUT2D eigenvalue weighted by Crippen LogP contribution is -2.31. The molecule has 0 N–H and O–H groups in total. The van der Waals surface area contributed by atoms with Crippen molar-refractivity contribution in [2.45, 2.75) is 32.6 Å². The van der Waals surface area contributed by atoms with Crippen LogP contribution in [0.2, 0.25) is 0 Å². The van der Waals surface area contributed by atoms with E-state index in [2.05, 4.69) is 5.16 Å². The monoisotopic (exact) mass is 234 g/mol. The summed E-state index contributed by atoms with van der Waals surface area (Å²) in [6, 6.07) is 1.63. The van der Waals surface area contributed by atoms with Crippen molar-refractivity contribution in [2.24, 2.45) is 11.8 Å². The summed E-state index contributed by atoms with van der Waals surface area (Å²) in [5, 5.41) is 3.77. The SMILES string of the molecule is Cc1cc(N2C(=O)[C@H]3CCCC[C@H]3C2=O)no1. The molecule has 0 spiro atoms. The van der Waals surface area contributed by atoms with E-state index in [4.69, 9.17) is 4.52 Å². The number of aryl methyl sites for hydroxylation is 1. The summed E-state index contributed by atoms with van der Waals surface area (Å²) in [4.78, 5) is 25.6. The van der Waals surface area contributed by atoms with Crippen LogP contribution in [0.15, 0.2) is 10.6 Å². The molecule has 0 aromatic carbocycles. The second-order valence-electron chi connectivity index (χ2n) is 4.81. The fourth-order valence-electron chi connectivity index (χ4n) is 2.85. The molecule has 1 aromatic heterocycles. The zero-order valence-electron chi connectivity index (χ0n) is 9.68. The fourth-order valence-corrected chi connectivity index (χ4v) is 2.85. The van der Waals surface area contributed by atoms with Crippen LogP contribution in [0, 0.1) is 18.8 Å². The minimum absolute atomic E-state index is 0.104. The molecule has 2 amide bonds. The number of carbonyl (C=O) groups excluding carboxylic acids is 2. The number of hydrogen-bond acceptors (Lipinski definition) is 4. The van der Waals surface area contributed by atoms with Crippen LogP contribution < -0.4 is 4.90 Å². The molecule has 0 radical (unpaired) electrons.